The van der Waals surface area contributed by atoms with Crippen molar-refractivity contribution >= 4 is 27.2 Å². The second kappa shape index (κ2) is 16.1. The summed E-state index contributed by atoms with van der Waals surface area (Å²) in [7, 11) is 0. The van der Waals surface area contributed by atoms with Crippen LogP contribution in [-0.2, 0) is 9.47 Å². The molecule has 16 heteroatoms. The van der Waals surface area contributed by atoms with Gasteiger partial charge in [-0.3, -0.25) is 9.69 Å². The van der Waals surface area contributed by atoms with Gasteiger partial charge >= 0.3 is 0 Å². The Hall–Kier alpha value is -2.97. The number of thiophene rings is 1. The lowest BCUT2D eigenvalue weighted by atomic mass is 9.99. The first-order valence-corrected chi connectivity index (χ1v) is 17.4. The summed E-state index contributed by atoms with van der Waals surface area (Å²) in [6, 6.07) is 11.2. The molecule has 3 fully saturated rings. The molecular formula is C34H43NO14S. The molecule has 6 rings (SSSR count). The minimum Gasteiger partial charge on any atom is -0.492 e. The quantitative estimate of drug-likeness (QED) is 0.109. The van der Waals surface area contributed by atoms with Gasteiger partial charge in [0.2, 0.25) is 12.6 Å². The molecule has 0 amide bonds. The maximum absolute atomic E-state index is 14.1. The minimum absolute atomic E-state index is 0.00109. The number of hydrogen-bond acceptors (Lipinski definition) is 16. The molecule has 2 aromatic carbocycles. The monoisotopic (exact) mass is 721 g/mol. The van der Waals surface area contributed by atoms with E-state index in [1.807, 2.05) is 0 Å². The molecule has 0 spiro atoms. The van der Waals surface area contributed by atoms with Gasteiger partial charge in [-0.2, -0.15) is 0 Å². The highest BCUT2D eigenvalue weighted by atomic mass is 32.1. The number of likely N-dealkylation sites (tertiary alicyclic amines) is 1. The third-order valence-electron chi connectivity index (χ3n) is 9.27. The van der Waals surface area contributed by atoms with Crippen LogP contribution in [0.3, 0.4) is 0 Å². The van der Waals surface area contributed by atoms with Crippen molar-refractivity contribution in [3.63, 3.8) is 0 Å². The average Bonchev–Trinajstić information content (AvgIpc) is 3.49. The van der Waals surface area contributed by atoms with Gasteiger partial charge in [0.25, 0.3) is 0 Å². The van der Waals surface area contributed by atoms with Gasteiger partial charge in [0.1, 0.15) is 66.9 Å². The molecule has 3 saturated heterocycles. The molecule has 0 bridgehead atoms. The summed E-state index contributed by atoms with van der Waals surface area (Å²) in [5.74, 6) is 0.298. The molecule has 50 heavy (non-hydrogen) atoms. The molecule has 0 radical (unpaired) electrons. The summed E-state index contributed by atoms with van der Waals surface area (Å²) in [6.07, 6.45) is -11.7. The molecule has 10 atom stereocenters. The Kier molecular flexibility index (Phi) is 11.9. The first kappa shape index (κ1) is 36.8. The molecule has 0 unspecified atom stereocenters. The number of aliphatic hydroxyl groups excluding tert-OH is 8. The Balaban J connectivity index is 1.26. The Bertz CT molecular complexity index is 1580. The van der Waals surface area contributed by atoms with Gasteiger partial charge in [0.15, 0.2) is 10.8 Å². The van der Waals surface area contributed by atoms with Crippen LogP contribution in [-0.4, -0.2) is 152 Å². The van der Waals surface area contributed by atoms with Crippen molar-refractivity contribution in [2.45, 2.75) is 80.7 Å². The highest BCUT2D eigenvalue weighted by molar-refractivity contribution is 7.21. The molecule has 3 aliphatic heterocycles. The van der Waals surface area contributed by atoms with Crippen LogP contribution in [0.2, 0.25) is 0 Å². The number of benzene rings is 2. The number of hydrogen-bond donors (Lipinski definition) is 8. The Morgan fingerprint density at radius 2 is 1.32 bits per heavy atom. The van der Waals surface area contributed by atoms with Crippen LogP contribution in [0.25, 0.3) is 10.1 Å². The predicted octanol–water partition coefficient (Wildman–Crippen LogP) is -0.646. The second-order valence-electron chi connectivity index (χ2n) is 12.7. The van der Waals surface area contributed by atoms with Crippen molar-refractivity contribution in [2.24, 2.45) is 0 Å². The fourth-order valence-corrected chi connectivity index (χ4v) is 7.42. The number of carbonyl (C=O) groups is 1. The molecule has 0 aliphatic carbocycles. The number of fused-ring (bicyclic) bond motifs is 1. The summed E-state index contributed by atoms with van der Waals surface area (Å²) in [6.45, 7) is 2.12. The lowest BCUT2D eigenvalue weighted by molar-refractivity contribution is -0.277. The Morgan fingerprint density at radius 3 is 1.92 bits per heavy atom. The van der Waals surface area contributed by atoms with Gasteiger partial charge in [-0.05, 0) is 68.4 Å². The molecule has 15 nitrogen and oxygen atoms in total. The minimum atomic E-state index is -1.73. The number of piperidine rings is 1. The number of rotatable bonds is 12. The molecule has 3 aliphatic rings. The van der Waals surface area contributed by atoms with E-state index < -0.39 is 80.4 Å². The van der Waals surface area contributed by atoms with Crippen LogP contribution in [0.4, 0.5) is 0 Å². The van der Waals surface area contributed by atoms with Gasteiger partial charge in [0, 0.05) is 22.2 Å². The molecule has 1 aromatic heterocycles. The number of ketones is 1. The van der Waals surface area contributed by atoms with Crippen molar-refractivity contribution in [3.8, 4) is 16.6 Å². The van der Waals surface area contributed by atoms with Gasteiger partial charge in [0.05, 0.1) is 18.8 Å². The molecule has 0 saturated carbocycles. The first-order valence-electron chi connectivity index (χ1n) is 16.6. The van der Waals surface area contributed by atoms with E-state index in [0.29, 0.717) is 28.0 Å². The van der Waals surface area contributed by atoms with Crippen molar-refractivity contribution in [3.05, 3.63) is 53.6 Å². The van der Waals surface area contributed by atoms with Crippen molar-refractivity contribution in [1.29, 1.82) is 0 Å². The third kappa shape index (κ3) is 7.77. The van der Waals surface area contributed by atoms with E-state index in [1.54, 1.807) is 30.3 Å². The number of ether oxygens (including phenoxy) is 5. The summed E-state index contributed by atoms with van der Waals surface area (Å²) in [5, 5.41) is 81.6. The van der Waals surface area contributed by atoms with E-state index in [1.165, 1.54) is 31.4 Å². The summed E-state index contributed by atoms with van der Waals surface area (Å²) in [5.41, 5.74) is 0.397. The topological polar surface area (TPSA) is 228 Å². The zero-order valence-corrected chi connectivity index (χ0v) is 27.9. The molecular weight excluding hydrogens is 678 g/mol. The fraction of sp³-hybridized carbons (Fsp3) is 0.559. The smallest absolute Gasteiger partial charge is 0.230 e. The van der Waals surface area contributed by atoms with Gasteiger partial charge in [-0.1, -0.05) is 17.8 Å². The Labute approximate surface area is 291 Å². The number of carbonyl (C=O) groups excluding carboxylic acids is 1. The van der Waals surface area contributed by atoms with E-state index in [-0.39, 0.29) is 16.4 Å². The fourth-order valence-electron chi connectivity index (χ4n) is 6.32. The van der Waals surface area contributed by atoms with Crippen molar-refractivity contribution in [1.82, 2.24) is 4.90 Å². The normalized spacial score (nSPS) is 32.2. The van der Waals surface area contributed by atoms with Crippen LogP contribution in [0.15, 0.2) is 42.5 Å². The third-order valence-corrected chi connectivity index (χ3v) is 10.3. The predicted molar refractivity (Wildman–Crippen MR) is 176 cm³/mol. The summed E-state index contributed by atoms with van der Waals surface area (Å²) in [4.78, 5) is 16.5. The van der Waals surface area contributed by atoms with Gasteiger partial charge in [-0.15, -0.1) is 0 Å². The number of aliphatic hydroxyl groups is 8. The van der Waals surface area contributed by atoms with Crippen LogP contribution in [0.1, 0.15) is 35.2 Å². The molecule has 4 heterocycles. The maximum Gasteiger partial charge on any atom is 0.230 e. The SMILES string of the molecule is O=C(c1ccc(OCCN2CCCCC2)cc1)c1c(O[C@@H]2O[C@H](CO)[C@@H](O)[C@H](O)[C@H]2O)sc2cc(O[C@@H]3O[C@H](CO)[C@@H](O)[C@H](O)[C@H]3O)ccc12. The van der Waals surface area contributed by atoms with E-state index in [0.717, 1.165) is 31.0 Å². The van der Waals surface area contributed by atoms with Crippen molar-refractivity contribution < 1.29 is 69.3 Å². The van der Waals surface area contributed by atoms with Crippen LogP contribution in [0, 0.1) is 0 Å². The highest BCUT2D eigenvalue weighted by Gasteiger charge is 2.46. The van der Waals surface area contributed by atoms with E-state index in [2.05, 4.69) is 4.90 Å². The zero-order chi connectivity index (χ0) is 35.5. The molecule has 274 valence electrons. The van der Waals surface area contributed by atoms with E-state index in [4.69, 9.17) is 23.7 Å². The highest BCUT2D eigenvalue weighted by Crippen LogP contribution is 2.42. The lowest BCUT2D eigenvalue weighted by Gasteiger charge is -2.39. The lowest BCUT2D eigenvalue weighted by Crippen LogP contribution is -2.60. The molecule has 3 aromatic rings. The summed E-state index contributed by atoms with van der Waals surface area (Å²) >= 11 is 0.981. The average molecular weight is 722 g/mol. The van der Waals surface area contributed by atoms with Crippen LogP contribution >= 0.6 is 11.3 Å². The Morgan fingerprint density at radius 1 is 0.740 bits per heavy atom. The largest absolute Gasteiger partial charge is 0.492 e. The van der Waals surface area contributed by atoms with Crippen LogP contribution in [0.5, 0.6) is 16.6 Å². The maximum atomic E-state index is 14.1. The molecule has 8 N–H and O–H groups in total. The van der Waals surface area contributed by atoms with E-state index >= 15 is 0 Å². The van der Waals surface area contributed by atoms with Crippen LogP contribution < -0.4 is 14.2 Å². The summed E-state index contributed by atoms with van der Waals surface area (Å²) < 4.78 is 29.2. The first-order chi connectivity index (χ1) is 24.1. The van der Waals surface area contributed by atoms with Gasteiger partial charge < -0.3 is 64.5 Å². The van der Waals surface area contributed by atoms with E-state index in [9.17, 15) is 45.6 Å². The van der Waals surface area contributed by atoms with Gasteiger partial charge in [-0.25, -0.2) is 0 Å². The standard InChI is InChI=1S/C34H43NO14S/c36-15-21-26(39)28(41)30(43)32(47-21)46-19-8-9-20-23(14-19)50-34(49-33-31(44)29(42)27(40)22(16-37)48-33)24(20)25(38)17-4-6-18(7-5-17)45-13-12-35-10-2-1-3-11-35/h4-9,14,21-22,26-33,36-37,39-44H,1-3,10-13,15-16H2/t21-,22-,26-,27-,28+,29+,30-,31-,32-,33+/m1/s1. The zero-order valence-electron chi connectivity index (χ0n) is 27.1. The number of nitrogens with zero attached hydrogens (tertiary/aromatic N) is 1. The van der Waals surface area contributed by atoms with Crippen molar-refractivity contribution in [2.75, 3.05) is 39.5 Å². The second-order valence-corrected chi connectivity index (χ2v) is 13.7.